The maximum atomic E-state index is 13.2. The van der Waals surface area contributed by atoms with Crippen molar-refractivity contribution in [3.05, 3.63) is 34.4 Å². The number of hydrogen-bond donors (Lipinski definition) is 0. The molecule has 1 spiro atoms. The molecule has 1 atom stereocenters. The van der Waals surface area contributed by atoms with Crippen LogP contribution >= 0.6 is 11.6 Å². The second kappa shape index (κ2) is 8.55. The summed E-state index contributed by atoms with van der Waals surface area (Å²) < 4.78 is 39.1. The van der Waals surface area contributed by atoms with Crippen LogP contribution in [0.5, 0.6) is 0 Å². The van der Waals surface area contributed by atoms with Gasteiger partial charge in [0.1, 0.15) is 6.10 Å². The van der Waals surface area contributed by atoms with Gasteiger partial charge in [-0.15, -0.1) is 11.6 Å². The summed E-state index contributed by atoms with van der Waals surface area (Å²) in [5.41, 5.74) is -0.868. The van der Waals surface area contributed by atoms with Crippen LogP contribution in [0.25, 0.3) is 0 Å². The quantitative estimate of drug-likeness (QED) is 0.295. The van der Waals surface area contributed by atoms with Gasteiger partial charge >= 0.3 is 5.97 Å². The highest BCUT2D eigenvalue weighted by molar-refractivity contribution is 7.89. The number of sulfonamides is 1. The third-order valence-electron chi connectivity index (χ3n) is 5.32. The molecule has 0 radical (unpaired) electrons. The van der Waals surface area contributed by atoms with Crippen LogP contribution in [-0.2, 0) is 24.3 Å². The second-order valence-corrected chi connectivity index (χ2v) is 9.68. The normalized spacial score (nSPS) is 28.2. The molecule has 0 aromatic heterocycles. The Morgan fingerprint density at radius 3 is 2.48 bits per heavy atom. The summed E-state index contributed by atoms with van der Waals surface area (Å²) in [4.78, 5) is 21.4. The number of alkyl halides is 1. The average Bonchev–Trinajstić information content (AvgIpc) is 2.69. The van der Waals surface area contributed by atoms with Crippen LogP contribution in [0.4, 0.5) is 5.69 Å². The molecule has 0 unspecified atom stereocenters. The SMILES string of the molecule is CC(=O)OC1CCC2(CC1)CN(S(=O)(=O)c1ccc([N+](=O)[O-])cc1)C[C@H](CCl)O2. The van der Waals surface area contributed by atoms with E-state index in [9.17, 15) is 23.3 Å². The zero-order valence-electron chi connectivity index (χ0n) is 16.0. The number of nitro benzene ring substituents is 1. The maximum Gasteiger partial charge on any atom is 0.302 e. The van der Waals surface area contributed by atoms with Crippen molar-refractivity contribution in [2.75, 3.05) is 19.0 Å². The third kappa shape index (κ3) is 4.88. The molecule has 0 bridgehead atoms. The van der Waals surface area contributed by atoms with Crippen molar-refractivity contribution >= 4 is 33.3 Å². The van der Waals surface area contributed by atoms with E-state index < -0.39 is 26.7 Å². The van der Waals surface area contributed by atoms with Crippen LogP contribution in [0.1, 0.15) is 32.6 Å². The molecule has 9 nitrogen and oxygen atoms in total. The molecule has 1 aliphatic heterocycles. The highest BCUT2D eigenvalue weighted by Gasteiger charge is 2.46. The minimum atomic E-state index is -3.87. The molecule has 0 N–H and O–H groups in total. The van der Waals surface area contributed by atoms with Crippen LogP contribution in [-0.4, -0.2) is 60.4 Å². The van der Waals surface area contributed by atoms with E-state index in [1.54, 1.807) is 0 Å². The lowest BCUT2D eigenvalue weighted by molar-refractivity contribution is -0.384. The Morgan fingerprint density at radius 2 is 1.97 bits per heavy atom. The van der Waals surface area contributed by atoms with Gasteiger partial charge in [-0.1, -0.05) is 0 Å². The van der Waals surface area contributed by atoms with Gasteiger partial charge in [0.05, 0.1) is 21.5 Å². The predicted octanol–water partition coefficient (Wildman–Crippen LogP) is 2.47. The molecule has 1 aromatic rings. The monoisotopic (exact) mass is 446 g/mol. The number of rotatable bonds is 5. The van der Waals surface area contributed by atoms with E-state index in [-0.39, 0.29) is 41.6 Å². The number of ether oxygens (including phenoxy) is 2. The molecular weight excluding hydrogens is 424 g/mol. The number of halogens is 1. The zero-order chi connectivity index (χ0) is 21.2. The molecule has 11 heteroatoms. The summed E-state index contributed by atoms with van der Waals surface area (Å²) in [6, 6.07) is 4.82. The first-order valence-electron chi connectivity index (χ1n) is 9.31. The molecule has 160 valence electrons. The molecule has 1 saturated heterocycles. The molecule has 0 amide bonds. The predicted molar refractivity (Wildman–Crippen MR) is 104 cm³/mol. The molecule has 2 fully saturated rings. The highest BCUT2D eigenvalue weighted by atomic mass is 35.5. The van der Waals surface area contributed by atoms with Crippen molar-refractivity contribution < 1.29 is 27.6 Å². The lowest BCUT2D eigenvalue weighted by Gasteiger charge is -2.48. The summed E-state index contributed by atoms with van der Waals surface area (Å²) in [6.07, 6.45) is 1.59. The number of nitro groups is 1. The van der Waals surface area contributed by atoms with E-state index in [2.05, 4.69) is 0 Å². The Balaban J connectivity index is 1.80. The summed E-state index contributed by atoms with van der Waals surface area (Å²) in [5, 5.41) is 10.8. The van der Waals surface area contributed by atoms with Crippen molar-refractivity contribution in [2.45, 2.75) is 55.3 Å². The van der Waals surface area contributed by atoms with E-state index in [0.717, 1.165) is 0 Å². The molecule has 1 heterocycles. The molecule has 1 aliphatic carbocycles. The van der Waals surface area contributed by atoms with Crippen molar-refractivity contribution in [3.63, 3.8) is 0 Å². The van der Waals surface area contributed by atoms with Crippen LogP contribution < -0.4 is 0 Å². The van der Waals surface area contributed by atoms with Crippen LogP contribution in [0, 0.1) is 10.1 Å². The fourth-order valence-electron chi connectivity index (χ4n) is 3.94. The van der Waals surface area contributed by atoms with Crippen LogP contribution in [0.3, 0.4) is 0 Å². The van der Waals surface area contributed by atoms with Crippen molar-refractivity contribution in [3.8, 4) is 0 Å². The third-order valence-corrected chi connectivity index (χ3v) is 7.49. The Bertz CT molecular complexity index is 867. The molecule has 1 aromatic carbocycles. The number of nitrogens with zero attached hydrogens (tertiary/aromatic N) is 2. The van der Waals surface area contributed by atoms with Gasteiger partial charge in [-0.25, -0.2) is 8.42 Å². The fraction of sp³-hybridized carbons (Fsp3) is 0.611. The topological polar surface area (TPSA) is 116 Å². The van der Waals surface area contributed by atoms with Gasteiger partial charge in [-0.05, 0) is 37.8 Å². The zero-order valence-corrected chi connectivity index (χ0v) is 17.5. The minimum Gasteiger partial charge on any atom is -0.463 e. The number of non-ortho nitro benzene ring substituents is 1. The standard InChI is InChI=1S/C18H23ClN2O7S/c1-13(22)27-15-6-8-18(9-7-15)12-20(11-16(10-19)28-18)29(25,26)17-4-2-14(3-5-17)21(23)24/h2-5,15-16H,6-12H2,1H3/t15?,16-,18?/m0/s1. The number of carbonyl (C=O) groups is 1. The number of esters is 1. The lowest BCUT2D eigenvalue weighted by atomic mass is 9.82. The summed E-state index contributed by atoms with van der Waals surface area (Å²) in [6.45, 7) is 1.63. The Labute approximate surface area is 174 Å². The molecule has 3 rings (SSSR count). The smallest absolute Gasteiger partial charge is 0.302 e. The van der Waals surface area contributed by atoms with E-state index in [0.29, 0.717) is 25.7 Å². The number of morpholine rings is 1. The fourth-order valence-corrected chi connectivity index (χ4v) is 5.65. The summed E-state index contributed by atoms with van der Waals surface area (Å²) >= 11 is 6.01. The van der Waals surface area contributed by atoms with Crippen molar-refractivity contribution in [1.82, 2.24) is 4.31 Å². The highest BCUT2D eigenvalue weighted by Crippen LogP contribution is 2.39. The van der Waals surface area contributed by atoms with Crippen LogP contribution in [0.15, 0.2) is 29.2 Å². The summed E-state index contributed by atoms with van der Waals surface area (Å²) in [7, 11) is -3.87. The van der Waals surface area contributed by atoms with E-state index in [4.69, 9.17) is 21.1 Å². The maximum absolute atomic E-state index is 13.2. The van der Waals surface area contributed by atoms with Crippen LogP contribution in [0.2, 0.25) is 0 Å². The van der Waals surface area contributed by atoms with Gasteiger partial charge in [0.15, 0.2) is 0 Å². The van der Waals surface area contributed by atoms with E-state index in [1.807, 2.05) is 0 Å². The minimum absolute atomic E-state index is 0.0120. The first-order valence-corrected chi connectivity index (χ1v) is 11.3. The molecule has 2 aliphatic rings. The number of hydrogen-bond acceptors (Lipinski definition) is 7. The Kier molecular flexibility index (Phi) is 6.47. The first kappa shape index (κ1) is 21.9. The van der Waals surface area contributed by atoms with Crippen molar-refractivity contribution in [1.29, 1.82) is 0 Å². The van der Waals surface area contributed by atoms with E-state index in [1.165, 1.54) is 35.5 Å². The Hall–Kier alpha value is -1.75. The number of benzene rings is 1. The lowest BCUT2D eigenvalue weighted by Crippen LogP contribution is -2.59. The molecule has 1 saturated carbocycles. The van der Waals surface area contributed by atoms with Gasteiger partial charge in [-0.3, -0.25) is 14.9 Å². The van der Waals surface area contributed by atoms with Gasteiger partial charge in [0.25, 0.3) is 5.69 Å². The van der Waals surface area contributed by atoms with Gasteiger partial charge in [-0.2, -0.15) is 4.31 Å². The Morgan fingerprint density at radius 1 is 1.34 bits per heavy atom. The van der Waals surface area contributed by atoms with Gasteiger partial charge < -0.3 is 9.47 Å². The van der Waals surface area contributed by atoms with E-state index >= 15 is 0 Å². The average molecular weight is 447 g/mol. The number of carbonyl (C=O) groups excluding carboxylic acids is 1. The molecular formula is C18H23ClN2O7S. The summed E-state index contributed by atoms with van der Waals surface area (Å²) in [5.74, 6) is -0.196. The first-order chi connectivity index (χ1) is 13.6. The van der Waals surface area contributed by atoms with Crippen molar-refractivity contribution in [2.24, 2.45) is 0 Å². The molecule has 29 heavy (non-hydrogen) atoms. The largest absolute Gasteiger partial charge is 0.463 e. The second-order valence-electron chi connectivity index (χ2n) is 7.43. The van der Waals surface area contributed by atoms with Gasteiger partial charge in [0, 0.05) is 38.0 Å². The van der Waals surface area contributed by atoms with Gasteiger partial charge in [0.2, 0.25) is 10.0 Å².